The number of amides is 1. The summed E-state index contributed by atoms with van der Waals surface area (Å²) in [5.74, 6) is 0.0301. The fourth-order valence-corrected chi connectivity index (χ4v) is 3.22. The molecule has 1 unspecified atom stereocenters. The highest BCUT2D eigenvalue weighted by Crippen LogP contribution is 2.30. The van der Waals surface area contributed by atoms with E-state index in [1.807, 2.05) is 30.3 Å². The quantitative estimate of drug-likeness (QED) is 0.640. The summed E-state index contributed by atoms with van der Waals surface area (Å²) < 4.78 is 45.9. The summed E-state index contributed by atoms with van der Waals surface area (Å²) in [5.41, 5.74) is 1.52. The molecule has 1 amide bonds. The molecule has 2 heterocycles. The van der Waals surface area contributed by atoms with Gasteiger partial charge in [-0.05, 0) is 29.8 Å². The number of hydrogen-bond acceptors (Lipinski definition) is 5. The second kappa shape index (κ2) is 7.57. The predicted molar refractivity (Wildman–Crippen MR) is 95.6 cm³/mol. The molecule has 1 aliphatic heterocycles. The van der Waals surface area contributed by atoms with E-state index in [0.29, 0.717) is 24.5 Å². The summed E-state index contributed by atoms with van der Waals surface area (Å²) in [5, 5.41) is 3.89. The van der Waals surface area contributed by atoms with Gasteiger partial charge in [0.15, 0.2) is 0 Å². The van der Waals surface area contributed by atoms with Gasteiger partial charge in [-0.3, -0.25) is 4.79 Å². The van der Waals surface area contributed by atoms with Gasteiger partial charge in [0.25, 0.3) is 0 Å². The topological polar surface area (TPSA) is 68.5 Å². The third kappa shape index (κ3) is 4.56. The maximum atomic E-state index is 12.3. The average molecular weight is 403 g/mol. The number of alkyl halides is 3. The molecule has 0 N–H and O–H groups in total. The van der Waals surface area contributed by atoms with Gasteiger partial charge in [0, 0.05) is 25.1 Å². The number of ether oxygens (including phenoxy) is 1. The molecule has 0 bridgehead atoms. The van der Waals surface area contributed by atoms with Crippen molar-refractivity contribution in [2.24, 2.45) is 0 Å². The number of carbonyl (C=O) groups is 1. The molecule has 0 aliphatic carbocycles. The number of likely N-dealkylation sites (tertiary alicyclic amines) is 1. The van der Waals surface area contributed by atoms with E-state index in [1.165, 1.54) is 24.3 Å². The smallest absolute Gasteiger partial charge is 0.406 e. The van der Waals surface area contributed by atoms with Crippen molar-refractivity contribution < 1.29 is 27.2 Å². The molecule has 0 saturated carbocycles. The van der Waals surface area contributed by atoms with E-state index in [0.717, 1.165) is 5.56 Å². The van der Waals surface area contributed by atoms with Crippen molar-refractivity contribution in [2.45, 2.75) is 25.2 Å². The minimum absolute atomic E-state index is 0.00672. The average Bonchev–Trinajstić information content (AvgIpc) is 3.30. The van der Waals surface area contributed by atoms with E-state index in [2.05, 4.69) is 14.9 Å². The zero-order valence-electron chi connectivity index (χ0n) is 15.1. The third-order valence-electron chi connectivity index (χ3n) is 4.57. The first-order chi connectivity index (χ1) is 13.9. The molecule has 0 spiro atoms. The molecule has 0 radical (unpaired) electrons. The van der Waals surface area contributed by atoms with E-state index >= 15 is 0 Å². The summed E-state index contributed by atoms with van der Waals surface area (Å²) in [6.07, 6.45) is -4.48. The van der Waals surface area contributed by atoms with Crippen molar-refractivity contribution in [3.8, 4) is 17.1 Å². The zero-order valence-corrected chi connectivity index (χ0v) is 15.1. The second-order valence-electron chi connectivity index (χ2n) is 6.69. The summed E-state index contributed by atoms with van der Waals surface area (Å²) in [4.78, 5) is 18.4. The highest BCUT2D eigenvalue weighted by molar-refractivity contribution is 5.79. The minimum Gasteiger partial charge on any atom is -0.406 e. The van der Waals surface area contributed by atoms with Crippen LogP contribution in [0.3, 0.4) is 0 Å². The van der Waals surface area contributed by atoms with E-state index in [-0.39, 0.29) is 29.8 Å². The lowest BCUT2D eigenvalue weighted by atomic mass is 10.1. The van der Waals surface area contributed by atoms with Crippen molar-refractivity contribution >= 4 is 5.91 Å². The molecule has 1 atom stereocenters. The van der Waals surface area contributed by atoms with Crippen LogP contribution < -0.4 is 4.74 Å². The monoisotopic (exact) mass is 403 g/mol. The number of nitrogens with zero attached hydrogens (tertiary/aromatic N) is 3. The summed E-state index contributed by atoms with van der Waals surface area (Å²) in [6.45, 7) is 0.978. The van der Waals surface area contributed by atoms with Crippen LogP contribution in [0, 0.1) is 0 Å². The molecule has 1 fully saturated rings. The fraction of sp³-hybridized carbons (Fsp3) is 0.250. The van der Waals surface area contributed by atoms with Crippen LogP contribution in [0.2, 0.25) is 0 Å². The molecule has 1 saturated heterocycles. The first kappa shape index (κ1) is 19.0. The van der Waals surface area contributed by atoms with Crippen LogP contribution >= 0.6 is 0 Å². The van der Waals surface area contributed by atoms with E-state index in [4.69, 9.17) is 4.52 Å². The van der Waals surface area contributed by atoms with Crippen molar-refractivity contribution in [1.29, 1.82) is 0 Å². The Labute approximate surface area is 163 Å². The lowest BCUT2D eigenvalue weighted by molar-refractivity contribution is -0.274. The molecule has 9 heteroatoms. The Morgan fingerprint density at radius 1 is 1.10 bits per heavy atom. The third-order valence-corrected chi connectivity index (χ3v) is 4.57. The number of aromatic nitrogens is 2. The number of carbonyl (C=O) groups excluding carboxylic acids is 1. The highest BCUT2D eigenvalue weighted by Gasteiger charge is 2.34. The Hall–Kier alpha value is -3.36. The first-order valence-corrected chi connectivity index (χ1v) is 8.89. The molecule has 4 rings (SSSR count). The predicted octanol–water partition coefficient (Wildman–Crippen LogP) is 4.15. The molecule has 150 valence electrons. The maximum absolute atomic E-state index is 12.3. The zero-order chi connectivity index (χ0) is 20.4. The largest absolute Gasteiger partial charge is 0.573 e. The highest BCUT2D eigenvalue weighted by atomic mass is 19.4. The van der Waals surface area contributed by atoms with Crippen LogP contribution in [0.4, 0.5) is 13.2 Å². The number of hydrogen-bond donors (Lipinski definition) is 0. The van der Waals surface area contributed by atoms with E-state index < -0.39 is 6.36 Å². The second-order valence-corrected chi connectivity index (χ2v) is 6.69. The normalized spacial score (nSPS) is 17.0. The lowest BCUT2D eigenvalue weighted by Gasteiger charge is -2.15. The van der Waals surface area contributed by atoms with Gasteiger partial charge in [0.2, 0.25) is 17.6 Å². The molecule has 6 nitrogen and oxygen atoms in total. The Morgan fingerprint density at radius 3 is 2.52 bits per heavy atom. The van der Waals surface area contributed by atoms with Crippen LogP contribution in [0.1, 0.15) is 23.8 Å². The Kier molecular flexibility index (Phi) is 4.96. The molecule has 29 heavy (non-hydrogen) atoms. The molecule has 2 aromatic carbocycles. The Bertz CT molecular complexity index is 987. The summed E-state index contributed by atoms with van der Waals surface area (Å²) >= 11 is 0. The Balaban J connectivity index is 1.43. The maximum Gasteiger partial charge on any atom is 0.573 e. The van der Waals surface area contributed by atoms with Crippen LogP contribution in [0.5, 0.6) is 5.75 Å². The molecule has 1 aliphatic rings. The van der Waals surface area contributed by atoms with Gasteiger partial charge < -0.3 is 14.2 Å². The molecular formula is C20H16F3N3O3. The SMILES string of the molecule is O=C1CC(c2nc(-c3ccc(OC(F)(F)F)cc3)no2)CN1Cc1ccccc1. The van der Waals surface area contributed by atoms with Crippen molar-refractivity contribution in [3.05, 3.63) is 66.1 Å². The standard InChI is InChI=1S/C20H16F3N3O3/c21-20(22,23)28-16-8-6-14(7-9-16)18-24-19(29-25-18)15-10-17(27)26(12-15)11-13-4-2-1-3-5-13/h1-9,15H,10-12H2. The van der Waals surface area contributed by atoms with Crippen LogP contribution in [-0.2, 0) is 11.3 Å². The van der Waals surface area contributed by atoms with Gasteiger partial charge in [-0.1, -0.05) is 35.5 Å². The van der Waals surface area contributed by atoms with Gasteiger partial charge in [0.1, 0.15) is 5.75 Å². The molecule has 3 aromatic rings. The first-order valence-electron chi connectivity index (χ1n) is 8.89. The van der Waals surface area contributed by atoms with Crippen LogP contribution in [0.25, 0.3) is 11.4 Å². The fourth-order valence-electron chi connectivity index (χ4n) is 3.22. The number of halogens is 3. The van der Waals surface area contributed by atoms with Gasteiger partial charge >= 0.3 is 6.36 Å². The summed E-state index contributed by atoms with van der Waals surface area (Å²) in [7, 11) is 0. The van der Waals surface area contributed by atoms with Gasteiger partial charge in [-0.2, -0.15) is 4.98 Å². The van der Waals surface area contributed by atoms with Crippen LogP contribution in [-0.4, -0.2) is 33.9 Å². The van der Waals surface area contributed by atoms with Crippen molar-refractivity contribution in [1.82, 2.24) is 15.0 Å². The van der Waals surface area contributed by atoms with Gasteiger partial charge in [-0.25, -0.2) is 0 Å². The molecular weight excluding hydrogens is 387 g/mol. The van der Waals surface area contributed by atoms with Gasteiger partial charge in [0.05, 0.1) is 5.92 Å². The molecule has 1 aromatic heterocycles. The van der Waals surface area contributed by atoms with E-state index in [9.17, 15) is 18.0 Å². The van der Waals surface area contributed by atoms with Crippen LogP contribution in [0.15, 0.2) is 59.1 Å². The number of benzene rings is 2. The number of rotatable bonds is 5. The van der Waals surface area contributed by atoms with Gasteiger partial charge in [-0.15, -0.1) is 13.2 Å². The lowest BCUT2D eigenvalue weighted by Crippen LogP contribution is -2.24. The van der Waals surface area contributed by atoms with Crippen molar-refractivity contribution in [3.63, 3.8) is 0 Å². The van der Waals surface area contributed by atoms with Crippen molar-refractivity contribution in [2.75, 3.05) is 6.54 Å². The minimum atomic E-state index is -4.75. The summed E-state index contributed by atoms with van der Waals surface area (Å²) in [6, 6.07) is 14.9. The Morgan fingerprint density at radius 2 is 1.83 bits per heavy atom. The van der Waals surface area contributed by atoms with E-state index in [1.54, 1.807) is 4.90 Å².